The molecule has 1 unspecified atom stereocenters. The van der Waals surface area contributed by atoms with Gasteiger partial charge in [0.1, 0.15) is 0 Å². The minimum Gasteiger partial charge on any atom is -0.0720 e. The van der Waals surface area contributed by atoms with Crippen LogP contribution in [0.5, 0.6) is 0 Å². The summed E-state index contributed by atoms with van der Waals surface area (Å²) in [6.45, 7) is 4.36. The van der Waals surface area contributed by atoms with E-state index in [1.165, 1.54) is 49.4 Å². The predicted octanol–water partition coefficient (Wildman–Crippen LogP) is 6.77. The summed E-state index contributed by atoms with van der Waals surface area (Å²) in [5.41, 5.74) is 6.82. The van der Waals surface area contributed by atoms with Crippen LogP contribution in [0.1, 0.15) is 33.7 Å². The van der Waals surface area contributed by atoms with Gasteiger partial charge in [-0.25, -0.2) is 0 Å². The molecule has 0 fully saturated rings. The Kier molecular flexibility index (Phi) is 3.08. The van der Waals surface area contributed by atoms with Crippen molar-refractivity contribution in [2.75, 3.05) is 0 Å². The average molecular weight is 320 g/mol. The first-order valence-corrected chi connectivity index (χ1v) is 8.91. The van der Waals surface area contributed by atoms with Gasteiger partial charge in [0.15, 0.2) is 0 Å². The van der Waals surface area contributed by atoms with E-state index in [4.69, 9.17) is 0 Å². The minimum atomic E-state index is 0.338. The average Bonchev–Trinajstić information content (AvgIpc) is 3.04. The number of benzene rings is 4. The van der Waals surface area contributed by atoms with E-state index in [2.05, 4.69) is 92.7 Å². The first-order chi connectivity index (χ1) is 12.2. The molecule has 0 radical (unpaired) electrons. The van der Waals surface area contributed by atoms with E-state index in [9.17, 15) is 0 Å². The molecule has 0 N–H and O–H groups in total. The molecule has 0 nitrogen and oxygen atoms in total. The highest BCUT2D eigenvalue weighted by atomic mass is 14.2. The summed E-state index contributed by atoms with van der Waals surface area (Å²) in [4.78, 5) is 0. The standard InChI is InChI=1S/C25H20/c1-16-7-11-22-19(13-16)8-9-20-14-17(2)15-24(25(20)22)23-12-10-18-5-3-4-6-21(18)23/h3-15,23H,1-2H3. The summed E-state index contributed by atoms with van der Waals surface area (Å²) in [7, 11) is 0. The molecule has 5 rings (SSSR count). The molecule has 0 heterocycles. The zero-order valence-electron chi connectivity index (χ0n) is 14.6. The molecule has 0 amide bonds. The van der Waals surface area contributed by atoms with Gasteiger partial charge in [0.25, 0.3) is 0 Å². The largest absolute Gasteiger partial charge is 0.0720 e. The van der Waals surface area contributed by atoms with Crippen molar-refractivity contribution in [3.05, 3.63) is 101 Å². The van der Waals surface area contributed by atoms with Crippen LogP contribution in [0.2, 0.25) is 0 Å². The van der Waals surface area contributed by atoms with E-state index < -0.39 is 0 Å². The van der Waals surface area contributed by atoms with Crippen LogP contribution in [-0.2, 0) is 0 Å². The van der Waals surface area contributed by atoms with Crippen molar-refractivity contribution in [1.29, 1.82) is 0 Å². The highest BCUT2D eigenvalue weighted by Gasteiger charge is 2.21. The predicted molar refractivity (Wildman–Crippen MR) is 108 cm³/mol. The number of allylic oxidation sites excluding steroid dienone is 1. The Labute approximate surface area is 148 Å². The first kappa shape index (κ1) is 14.5. The molecule has 0 heteroatoms. The van der Waals surface area contributed by atoms with Gasteiger partial charge in [0.05, 0.1) is 0 Å². The van der Waals surface area contributed by atoms with Crippen LogP contribution in [0.4, 0.5) is 0 Å². The third-order valence-corrected chi connectivity index (χ3v) is 5.40. The zero-order chi connectivity index (χ0) is 17.0. The van der Waals surface area contributed by atoms with Crippen LogP contribution in [0.15, 0.2) is 72.8 Å². The molecule has 4 aromatic rings. The van der Waals surface area contributed by atoms with Gasteiger partial charge in [-0.2, -0.15) is 0 Å². The fourth-order valence-electron chi connectivity index (χ4n) is 4.28. The first-order valence-electron chi connectivity index (χ1n) is 8.91. The molecule has 1 aliphatic rings. The maximum atomic E-state index is 2.37. The highest BCUT2D eigenvalue weighted by Crippen LogP contribution is 2.41. The van der Waals surface area contributed by atoms with Crippen LogP contribution in [0, 0.1) is 13.8 Å². The number of hydrogen-bond acceptors (Lipinski definition) is 0. The number of rotatable bonds is 1. The third-order valence-electron chi connectivity index (χ3n) is 5.40. The Morgan fingerprint density at radius 2 is 1.48 bits per heavy atom. The lowest BCUT2D eigenvalue weighted by atomic mass is 9.86. The van der Waals surface area contributed by atoms with Crippen LogP contribution in [0.3, 0.4) is 0 Å². The van der Waals surface area contributed by atoms with Crippen molar-refractivity contribution in [1.82, 2.24) is 0 Å². The molecule has 0 saturated heterocycles. The Bertz CT molecular complexity index is 1160. The molecule has 0 saturated carbocycles. The molecular formula is C25H20. The molecule has 1 aliphatic carbocycles. The van der Waals surface area contributed by atoms with E-state index in [0.717, 1.165) is 0 Å². The van der Waals surface area contributed by atoms with Crippen molar-refractivity contribution in [3.8, 4) is 0 Å². The lowest BCUT2D eigenvalue weighted by Gasteiger charge is -2.17. The van der Waals surface area contributed by atoms with Crippen LogP contribution in [0.25, 0.3) is 27.6 Å². The van der Waals surface area contributed by atoms with Crippen LogP contribution < -0.4 is 0 Å². The monoisotopic (exact) mass is 320 g/mol. The summed E-state index contributed by atoms with van der Waals surface area (Å²) in [6, 6.07) is 24.8. The SMILES string of the molecule is Cc1ccc2c(ccc3cc(C)cc(C4C=Cc5ccccc54)c32)c1. The fourth-order valence-corrected chi connectivity index (χ4v) is 4.28. The summed E-state index contributed by atoms with van der Waals surface area (Å²) in [5, 5.41) is 5.42. The van der Waals surface area contributed by atoms with Gasteiger partial charge < -0.3 is 0 Å². The number of aryl methyl sites for hydroxylation is 2. The summed E-state index contributed by atoms with van der Waals surface area (Å²) in [6.07, 6.45) is 4.62. The Hall–Kier alpha value is -2.86. The quantitative estimate of drug-likeness (QED) is 0.339. The van der Waals surface area contributed by atoms with E-state index in [1.807, 2.05) is 0 Å². The van der Waals surface area contributed by atoms with Crippen molar-refractivity contribution in [2.24, 2.45) is 0 Å². The summed E-state index contributed by atoms with van der Waals surface area (Å²) in [5.74, 6) is 0.338. The van der Waals surface area contributed by atoms with Gasteiger partial charge >= 0.3 is 0 Å². The minimum absolute atomic E-state index is 0.338. The molecule has 120 valence electrons. The van der Waals surface area contributed by atoms with E-state index >= 15 is 0 Å². The van der Waals surface area contributed by atoms with Gasteiger partial charge in [0, 0.05) is 5.92 Å². The lowest BCUT2D eigenvalue weighted by Crippen LogP contribution is -1.98. The van der Waals surface area contributed by atoms with Crippen molar-refractivity contribution in [3.63, 3.8) is 0 Å². The smallest absolute Gasteiger partial charge is 0.0285 e. The maximum absolute atomic E-state index is 2.37. The lowest BCUT2D eigenvalue weighted by molar-refractivity contribution is 1.06. The molecular weight excluding hydrogens is 300 g/mol. The van der Waals surface area contributed by atoms with Gasteiger partial charge in [0.2, 0.25) is 0 Å². The number of hydrogen-bond donors (Lipinski definition) is 0. The normalized spacial score (nSPS) is 15.8. The van der Waals surface area contributed by atoms with Crippen molar-refractivity contribution < 1.29 is 0 Å². The van der Waals surface area contributed by atoms with E-state index in [0.29, 0.717) is 5.92 Å². The summed E-state index contributed by atoms with van der Waals surface area (Å²) < 4.78 is 0. The second-order valence-corrected chi connectivity index (χ2v) is 7.21. The topological polar surface area (TPSA) is 0 Å². The fraction of sp³-hybridized carbons (Fsp3) is 0.120. The molecule has 1 atom stereocenters. The molecule has 0 aliphatic heterocycles. The van der Waals surface area contributed by atoms with Crippen molar-refractivity contribution >= 4 is 27.6 Å². The van der Waals surface area contributed by atoms with Crippen LogP contribution >= 0.6 is 0 Å². The zero-order valence-corrected chi connectivity index (χ0v) is 14.6. The molecule has 4 aromatic carbocycles. The van der Waals surface area contributed by atoms with Gasteiger partial charge in [-0.15, -0.1) is 0 Å². The maximum Gasteiger partial charge on any atom is 0.0285 e. The Morgan fingerprint density at radius 1 is 0.680 bits per heavy atom. The van der Waals surface area contributed by atoms with Crippen molar-refractivity contribution in [2.45, 2.75) is 19.8 Å². The van der Waals surface area contributed by atoms with Gasteiger partial charge in [-0.1, -0.05) is 90.0 Å². The summed E-state index contributed by atoms with van der Waals surface area (Å²) >= 11 is 0. The van der Waals surface area contributed by atoms with Gasteiger partial charge in [-0.05, 0) is 52.1 Å². The molecule has 0 spiro atoms. The Morgan fingerprint density at radius 3 is 2.40 bits per heavy atom. The highest BCUT2D eigenvalue weighted by molar-refractivity contribution is 6.10. The molecule has 0 aromatic heterocycles. The van der Waals surface area contributed by atoms with E-state index in [-0.39, 0.29) is 0 Å². The number of fused-ring (bicyclic) bond motifs is 4. The second kappa shape index (κ2) is 5.32. The molecule has 25 heavy (non-hydrogen) atoms. The van der Waals surface area contributed by atoms with Crippen LogP contribution in [-0.4, -0.2) is 0 Å². The van der Waals surface area contributed by atoms with E-state index in [1.54, 1.807) is 0 Å². The Balaban J connectivity index is 1.88. The third kappa shape index (κ3) is 2.21. The second-order valence-electron chi connectivity index (χ2n) is 7.21. The van der Waals surface area contributed by atoms with Gasteiger partial charge in [-0.3, -0.25) is 0 Å². The molecule has 0 bridgehead atoms.